The van der Waals surface area contributed by atoms with E-state index < -0.39 is 5.97 Å². The van der Waals surface area contributed by atoms with E-state index >= 15 is 0 Å². The van der Waals surface area contributed by atoms with Gasteiger partial charge in [-0.2, -0.15) is 0 Å². The fraction of sp³-hybridized carbons (Fsp3) is 0.923. The zero-order chi connectivity index (χ0) is 12.0. The molecule has 0 bridgehead atoms. The molecule has 1 aliphatic carbocycles. The van der Waals surface area contributed by atoms with Crippen LogP contribution in [-0.4, -0.2) is 23.2 Å². The van der Waals surface area contributed by atoms with Crippen molar-refractivity contribution in [3.05, 3.63) is 0 Å². The average Bonchev–Trinajstić information content (AvgIpc) is 2.28. The number of rotatable bonds is 6. The van der Waals surface area contributed by atoms with Crippen molar-refractivity contribution >= 4 is 5.97 Å². The highest BCUT2D eigenvalue weighted by atomic mass is 16.4. The molecule has 1 fully saturated rings. The van der Waals surface area contributed by atoms with Gasteiger partial charge in [-0.25, -0.2) is 0 Å². The third kappa shape index (κ3) is 4.12. The van der Waals surface area contributed by atoms with Gasteiger partial charge in [0.05, 0.1) is 0 Å². The highest BCUT2D eigenvalue weighted by Crippen LogP contribution is 2.27. The molecule has 0 heterocycles. The third-order valence-electron chi connectivity index (χ3n) is 3.69. The lowest BCUT2D eigenvalue weighted by Crippen LogP contribution is -2.44. The predicted octanol–water partition coefficient (Wildman–Crippen LogP) is 2.80. The van der Waals surface area contributed by atoms with Gasteiger partial charge < -0.3 is 10.4 Å². The van der Waals surface area contributed by atoms with Crippen molar-refractivity contribution in [2.75, 3.05) is 0 Å². The highest BCUT2D eigenvalue weighted by molar-refractivity contribution is 5.73. The molecular weight excluding hydrogens is 202 g/mol. The predicted molar refractivity (Wildman–Crippen MR) is 65.5 cm³/mol. The Morgan fingerprint density at radius 1 is 1.31 bits per heavy atom. The van der Waals surface area contributed by atoms with E-state index in [9.17, 15) is 4.79 Å². The summed E-state index contributed by atoms with van der Waals surface area (Å²) in [5.74, 6) is 0.172. The van der Waals surface area contributed by atoms with Crippen LogP contribution in [0.1, 0.15) is 58.8 Å². The van der Waals surface area contributed by atoms with Crippen LogP contribution in [0.2, 0.25) is 0 Å². The second kappa shape index (κ2) is 6.89. The number of aliphatic carboxylic acids is 1. The maximum absolute atomic E-state index is 10.9. The molecule has 1 aliphatic rings. The van der Waals surface area contributed by atoms with Gasteiger partial charge in [-0.1, -0.05) is 26.7 Å². The smallest absolute Gasteiger partial charge is 0.320 e. The molecular formula is C13H25NO2. The number of carboxylic acids is 1. The molecule has 1 atom stereocenters. The van der Waals surface area contributed by atoms with Crippen LogP contribution < -0.4 is 5.32 Å². The summed E-state index contributed by atoms with van der Waals surface area (Å²) in [6, 6.07) is 0.0712. The first-order chi connectivity index (χ1) is 7.67. The summed E-state index contributed by atoms with van der Waals surface area (Å²) in [5, 5.41) is 12.2. The summed E-state index contributed by atoms with van der Waals surface area (Å²) in [7, 11) is 0. The Bertz CT molecular complexity index is 210. The molecule has 0 saturated heterocycles. The first-order valence-electron chi connectivity index (χ1n) is 6.66. The van der Waals surface area contributed by atoms with E-state index in [1.165, 1.54) is 25.7 Å². The summed E-state index contributed by atoms with van der Waals surface area (Å²) in [6.45, 7) is 4.16. The van der Waals surface area contributed by atoms with Gasteiger partial charge in [0, 0.05) is 6.04 Å². The molecule has 0 amide bonds. The molecule has 1 unspecified atom stereocenters. The van der Waals surface area contributed by atoms with Crippen LogP contribution in [0, 0.1) is 5.92 Å². The topological polar surface area (TPSA) is 49.3 Å². The lowest BCUT2D eigenvalue weighted by atomic mass is 9.83. The minimum Gasteiger partial charge on any atom is -0.480 e. The van der Waals surface area contributed by atoms with Crippen molar-refractivity contribution in [3.63, 3.8) is 0 Å². The minimum atomic E-state index is -0.710. The standard InChI is InChI=1S/C13H25NO2/c1-3-5-10-6-8-11(9-7-10)14-12(4-2)13(15)16/h10-12,14H,3-9H2,1-2H3,(H,15,16). The van der Waals surface area contributed by atoms with E-state index in [4.69, 9.17) is 5.11 Å². The summed E-state index contributed by atoms with van der Waals surface area (Å²) >= 11 is 0. The quantitative estimate of drug-likeness (QED) is 0.733. The van der Waals surface area contributed by atoms with Crippen LogP contribution in [0.25, 0.3) is 0 Å². The minimum absolute atomic E-state index is 0.354. The molecule has 1 rings (SSSR count). The van der Waals surface area contributed by atoms with Crippen LogP contribution in [-0.2, 0) is 4.79 Å². The molecule has 94 valence electrons. The molecule has 0 radical (unpaired) electrons. The van der Waals surface area contributed by atoms with Crippen molar-refractivity contribution in [1.29, 1.82) is 0 Å². The molecule has 2 N–H and O–H groups in total. The normalized spacial score (nSPS) is 27.6. The molecule has 3 nitrogen and oxygen atoms in total. The van der Waals surface area contributed by atoms with Gasteiger partial charge in [-0.3, -0.25) is 4.79 Å². The number of carbonyl (C=O) groups is 1. The maximum atomic E-state index is 10.9. The molecule has 0 spiro atoms. The largest absolute Gasteiger partial charge is 0.480 e. The van der Waals surface area contributed by atoms with Crippen molar-refractivity contribution in [3.8, 4) is 0 Å². The van der Waals surface area contributed by atoms with Crippen molar-refractivity contribution in [2.45, 2.75) is 70.9 Å². The fourth-order valence-corrected chi connectivity index (χ4v) is 2.67. The molecule has 1 saturated carbocycles. The molecule has 3 heteroatoms. The van der Waals surface area contributed by atoms with Crippen molar-refractivity contribution in [1.82, 2.24) is 5.32 Å². The van der Waals surface area contributed by atoms with Crippen LogP contribution in [0.3, 0.4) is 0 Å². The number of carboxylic acid groups (broad SMARTS) is 1. The highest BCUT2D eigenvalue weighted by Gasteiger charge is 2.24. The third-order valence-corrected chi connectivity index (χ3v) is 3.69. The number of hydrogen-bond donors (Lipinski definition) is 2. The summed E-state index contributed by atoms with van der Waals surface area (Å²) in [6.07, 6.45) is 8.11. The Labute approximate surface area is 98.6 Å². The van der Waals surface area contributed by atoms with Crippen LogP contribution in [0.15, 0.2) is 0 Å². The van der Waals surface area contributed by atoms with E-state index in [0.717, 1.165) is 18.8 Å². The van der Waals surface area contributed by atoms with Crippen LogP contribution >= 0.6 is 0 Å². The van der Waals surface area contributed by atoms with Crippen LogP contribution in [0.5, 0.6) is 0 Å². The van der Waals surface area contributed by atoms with Crippen molar-refractivity contribution in [2.24, 2.45) is 5.92 Å². The van der Waals surface area contributed by atoms with E-state index in [0.29, 0.717) is 12.5 Å². The van der Waals surface area contributed by atoms with Gasteiger partial charge in [-0.15, -0.1) is 0 Å². The zero-order valence-corrected chi connectivity index (χ0v) is 10.5. The van der Waals surface area contributed by atoms with Crippen molar-refractivity contribution < 1.29 is 9.90 Å². The first-order valence-corrected chi connectivity index (χ1v) is 6.66. The Morgan fingerprint density at radius 2 is 1.94 bits per heavy atom. The molecule has 0 aromatic rings. The van der Waals surface area contributed by atoms with Gasteiger partial charge in [0.2, 0.25) is 0 Å². The Kier molecular flexibility index (Phi) is 5.81. The second-order valence-electron chi connectivity index (χ2n) is 4.97. The van der Waals surface area contributed by atoms with E-state index in [1.54, 1.807) is 0 Å². The summed E-state index contributed by atoms with van der Waals surface area (Å²) in [4.78, 5) is 10.9. The number of nitrogens with one attached hydrogen (secondary N) is 1. The lowest BCUT2D eigenvalue weighted by Gasteiger charge is -2.30. The monoisotopic (exact) mass is 227 g/mol. The second-order valence-corrected chi connectivity index (χ2v) is 4.97. The summed E-state index contributed by atoms with van der Waals surface area (Å²) < 4.78 is 0. The van der Waals surface area contributed by atoms with E-state index in [-0.39, 0.29) is 6.04 Å². The molecule has 0 aliphatic heterocycles. The lowest BCUT2D eigenvalue weighted by molar-refractivity contribution is -0.139. The van der Waals surface area contributed by atoms with E-state index in [1.807, 2.05) is 6.92 Å². The number of hydrogen-bond acceptors (Lipinski definition) is 2. The zero-order valence-electron chi connectivity index (χ0n) is 10.5. The van der Waals surface area contributed by atoms with E-state index in [2.05, 4.69) is 12.2 Å². The Hall–Kier alpha value is -0.570. The molecule has 16 heavy (non-hydrogen) atoms. The van der Waals surface area contributed by atoms with Gasteiger partial charge >= 0.3 is 5.97 Å². The Balaban J connectivity index is 2.28. The summed E-state index contributed by atoms with van der Waals surface area (Å²) in [5.41, 5.74) is 0. The maximum Gasteiger partial charge on any atom is 0.320 e. The van der Waals surface area contributed by atoms with Gasteiger partial charge in [-0.05, 0) is 38.0 Å². The fourth-order valence-electron chi connectivity index (χ4n) is 2.67. The van der Waals surface area contributed by atoms with Gasteiger partial charge in [0.15, 0.2) is 0 Å². The average molecular weight is 227 g/mol. The molecule has 0 aromatic carbocycles. The first kappa shape index (κ1) is 13.5. The SMILES string of the molecule is CCCC1CCC(NC(CC)C(=O)O)CC1. The molecule has 0 aromatic heterocycles. The van der Waals surface area contributed by atoms with Gasteiger partial charge in [0.1, 0.15) is 6.04 Å². The Morgan fingerprint density at radius 3 is 2.38 bits per heavy atom. The van der Waals surface area contributed by atoms with Gasteiger partial charge in [0.25, 0.3) is 0 Å². The van der Waals surface area contributed by atoms with Crippen LogP contribution in [0.4, 0.5) is 0 Å².